The molecule has 118 valence electrons. The number of nitrogens with one attached hydrogen (secondary N) is 1. The van der Waals surface area contributed by atoms with Gasteiger partial charge in [0.15, 0.2) is 9.84 Å². The van der Waals surface area contributed by atoms with Crippen LogP contribution in [0, 0.1) is 6.92 Å². The molecule has 0 bridgehead atoms. The smallest absolute Gasteiger partial charge is 0.238 e. The van der Waals surface area contributed by atoms with Gasteiger partial charge in [-0.2, -0.15) is 0 Å². The highest BCUT2D eigenvalue weighted by atomic mass is 32.2. The van der Waals surface area contributed by atoms with Crippen LogP contribution < -0.4 is 5.32 Å². The number of amides is 1. The minimum Gasteiger partial charge on any atom is -0.361 e. The van der Waals surface area contributed by atoms with Gasteiger partial charge in [0.1, 0.15) is 11.0 Å². The Morgan fingerprint density at radius 3 is 2.67 bits per heavy atom. The van der Waals surface area contributed by atoms with E-state index in [-0.39, 0.29) is 11.8 Å². The highest BCUT2D eigenvalue weighted by molar-refractivity contribution is 7.92. The van der Waals surface area contributed by atoms with Crippen LogP contribution in [0.3, 0.4) is 0 Å². The van der Waals surface area contributed by atoms with Gasteiger partial charge in [0, 0.05) is 12.1 Å². The van der Waals surface area contributed by atoms with Gasteiger partial charge in [-0.15, -0.1) is 0 Å². The second-order valence-corrected chi connectivity index (χ2v) is 8.04. The van der Waals surface area contributed by atoms with Gasteiger partial charge in [-0.1, -0.05) is 24.4 Å². The van der Waals surface area contributed by atoms with Crippen molar-refractivity contribution in [3.05, 3.63) is 17.5 Å². The molecule has 0 spiro atoms. The lowest BCUT2D eigenvalue weighted by Gasteiger charge is -2.24. The van der Waals surface area contributed by atoms with Crippen LogP contribution in [0.25, 0.3) is 0 Å². The second kappa shape index (κ2) is 6.60. The lowest BCUT2D eigenvalue weighted by atomic mass is 9.95. The van der Waals surface area contributed by atoms with Gasteiger partial charge >= 0.3 is 0 Å². The Morgan fingerprint density at radius 2 is 2.10 bits per heavy atom. The Morgan fingerprint density at radius 1 is 1.43 bits per heavy atom. The van der Waals surface area contributed by atoms with Crippen LogP contribution in [0.5, 0.6) is 0 Å². The Balaban J connectivity index is 1.96. The SMILES string of the molecule is Cc1cc(CS(=O)(=O)C(C)C(=O)NC2CCCCC2)no1. The molecule has 1 aromatic heterocycles. The van der Waals surface area contributed by atoms with Crippen molar-refractivity contribution in [2.75, 3.05) is 0 Å². The van der Waals surface area contributed by atoms with Crippen LogP contribution in [0.1, 0.15) is 50.5 Å². The van der Waals surface area contributed by atoms with E-state index in [1.807, 2.05) is 0 Å². The number of rotatable bonds is 5. The minimum atomic E-state index is -3.58. The molecule has 0 saturated heterocycles. The Kier molecular flexibility index (Phi) is 5.03. The minimum absolute atomic E-state index is 0.109. The molecule has 6 nitrogen and oxygen atoms in total. The Bertz CT molecular complexity index is 588. The zero-order valence-corrected chi connectivity index (χ0v) is 13.3. The van der Waals surface area contributed by atoms with Crippen molar-refractivity contribution in [3.63, 3.8) is 0 Å². The van der Waals surface area contributed by atoms with Gasteiger partial charge in [0.2, 0.25) is 5.91 Å². The first-order chi connectivity index (χ1) is 9.88. The fourth-order valence-electron chi connectivity index (χ4n) is 2.55. The third-order valence-electron chi connectivity index (χ3n) is 3.89. The first-order valence-corrected chi connectivity index (χ1v) is 9.04. The van der Waals surface area contributed by atoms with Gasteiger partial charge in [0.25, 0.3) is 0 Å². The Labute approximate surface area is 125 Å². The van der Waals surface area contributed by atoms with E-state index >= 15 is 0 Å². The molecule has 1 heterocycles. The van der Waals surface area contributed by atoms with Crippen LogP contribution in [0.4, 0.5) is 0 Å². The summed E-state index contributed by atoms with van der Waals surface area (Å²) in [5.41, 5.74) is 0.338. The van der Waals surface area contributed by atoms with Crippen molar-refractivity contribution < 1.29 is 17.7 Å². The molecule has 0 aromatic carbocycles. The predicted octanol–water partition coefficient (Wildman–Crippen LogP) is 1.74. The van der Waals surface area contributed by atoms with Crippen molar-refractivity contribution in [3.8, 4) is 0 Å². The largest absolute Gasteiger partial charge is 0.361 e. The molecule has 1 N–H and O–H groups in total. The summed E-state index contributed by atoms with van der Waals surface area (Å²) in [4.78, 5) is 12.1. The van der Waals surface area contributed by atoms with E-state index in [2.05, 4.69) is 10.5 Å². The molecule has 0 aliphatic heterocycles. The van der Waals surface area contributed by atoms with Gasteiger partial charge in [0.05, 0.1) is 11.4 Å². The van der Waals surface area contributed by atoms with Crippen LogP contribution in [0.15, 0.2) is 10.6 Å². The maximum absolute atomic E-state index is 12.2. The van der Waals surface area contributed by atoms with Crippen LogP contribution in [-0.2, 0) is 20.4 Å². The molecule has 1 aliphatic carbocycles. The summed E-state index contributed by atoms with van der Waals surface area (Å²) in [7, 11) is -3.58. The second-order valence-electron chi connectivity index (χ2n) is 5.72. The number of carbonyl (C=O) groups is 1. The van der Waals surface area contributed by atoms with Gasteiger partial charge < -0.3 is 9.84 Å². The lowest BCUT2D eigenvalue weighted by Crippen LogP contribution is -2.44. The molecule has 21 heavy (non-hydrogen) atoms. The van der Waals surface area contributed by atoms with Gasteiger partial charge in [-0.3, -0.25) is 4.79 Å². The van der Waals surface area contributed by atoms with Crippen LogP contribution in [-0.4, -0.2) is 30.8 Å². The first-order valence-electron chi connectivity index (χ1n) is 7.32. The average Bonchev–Trinajstić information content (AvgIpc) is 2.83. The molecule has 1 aliphatic rings. The summed E-state index contributed by atoms with van der Waals surface area (Å²) in [6.45, 7) is 3.13. The fourth-order valence-corrected chi connectivity index (χ4v) is 3.74. The lowest BCUT2D eigenvalue weighted by molar-refractivity contribution is -0.121. The van der Waals surface area contributed by atoms with E-state index in [1.54, 1.807) is 13.0 Å². The van der Waals surface area contributed by atoms with E-state index in [0.717, 1.165) is 25.7 Å². The van der Waals surface area contributed by atoms with Crippen molar-refractivity contribution in [2.24, 2.45) is 0 Å². The predicted molar refractivity (Wildman–Crippen MR) is 78.3 cm³/mol. The van der Waals surface area contributed by atoms with E-state index in [0.29, 0.717) is 11.5 Å². The molecule has 0 radical (unpaired) electrons. The molecular weight excluding hydrogens is 292 g/mol. The van der Waals surface area contributed by atoms with Gasteiger partial charge in [-0.05, 0) is 26.7 Å². The van der Waals surface area contributed by atoms with Gasteiger partial charge in [-0.25, -0.2) is 8.42 Å². The summed E-state index contributed by atoms with van der Waals surface area (Å²) in [5, 5.41) is 5.45. The molecule has 1 fully saturated rings. The normalized spacial score (nSPS) is 18.4. The number of sulfone groups is 1. The van der Waals surface area contributed by atoms with E-state index in [9.17, 15) is 13.2 Å². The summed E-state index contributed by atoms with van der Waals surface area (Å²) < 4.78 is 29.4. The third kappa shape index (κ3) is 4.30. The van der Waals surface area contributed by atoms with Crippen molar-refractivity contribution in [2.45, 2.75) is 63.0 Å². The molecule has 7 heteroatoms. The topological polar surface area (TPSA) is 89.3 Å². The van der Waals surface area contributed by atoms with Crippen molar-refractivity contribution in [1.82, 2.24) is 10.5 Å². The molecular formula is C14H22N2O4S. The number of nitrogens with zero attached hydrogens (tertiary/aromatic N) is 1. The van der Waals surface area contributed by atoms with Crippen molar-refractivity contribution >= 4 is 15.7 Å². The highest BCUT2D eigenvalue weighted by Crippen LogP contribution is 2.18. The highest BCUT2D eigenvalue weighted by Gasteiger charge is 2.30. The zero-order valence-electron chi connectivity index (χ0n) is 12.5. The summed E-state index contributed by atoms with van der Waals surface area (Å²) >= 11 is 0. The summed E-state index contributed by atoms with van der Waals surface area (Å²) in [6, 6.07) is 1.68. The molecule has 2 rings (SSSR count). The average molecular weight is 314 g/mol. The molecule has 1 unspecified atom stereocenters. The monoisotopic (exact) mass is 314 g/mol. The van der Waals surface area contributed by atoms with E-state index in [4.69, 9.17) is 4.52 Å². The number of aromatic nitrogens is 1. The third-order valence-corrected chi connectivity index (χ3v) is 5.87. The number of aryl methyl sites for hydroxylation is 1. The number of hydrogen-bond acceptors (Lipinski definition) is 5. The standard InChI is InChI=1S/C14H22N2O4S/c1-10-8-13(16-20-10)9-21(18,19)11(2)14(17)15-12-6-4-3-5-7-12/h8,11-12H,3-7,9H2,1-2H3,(H,15,17). The molecule has 1 aromatic rings. The van der Waals surface area contributed by atoms with Crippen molar-refractivity contribution in [1.29, 1.82) is 0 Å². The first kappa shape index (κ1) is 16.0. The number of carbonyl (C=O) groups excluding carboxylic acids is 1. The maximum atomic E-state index is 12.2. The fraction of sp³-hybridized carbons (Fsp3) is 0.714. The summed E-state index contributed by atoms with van der Waals surface area (Å²) in [5.74, 6) is -0.134. The summed E-state index contributed by atoms with van der Waals surface area (Å²) in [6.07, 6.45) is 5.22. The Hall–Kier alpha value is -1.37. The van der Waals surface area contributed by atoms with Crippen LogP contribution in [0.2, 0.25) is 0 Å². The maximum Gasteiger partial charge on any atom is 0.238 e. The molecule has 1 atom stereocenters. The molecule has 1 saturated carbocycles. The quantitative estimate of drug-likeness (QED) is 0.894. The van der Waals surface area contributed by atoms with E-state index in [1.165, 1.54) is 13.3 Å². The van der Waals surface area contributed by atoms with E-state index < -0.39 is 21.0 Å². The van der Waals surface area contributed by atoms with Crippen LogP contribution >= 0.6 is 0 Å². The number of hydrogen-bond donors (Lipinski definition) is 1. The zero-order chi connectivity index (χ0) is 15.5. The molecule has 1 amide bonds.